The van der Waals surface area contributed by atoms with Crippen LogP contribution in [0.5, 0.6) is 0 Å². The number of fused-ring (bicyclic) bond motifs is 1. The molecule has 6 nitrogen and oxygen atoms in total. The topological polar surface area (TPSA) is 89.6 Å². The van der Waals surface area contributed by atoms with Crippen molar-refractivity contribution in [1.82, 2.24) is 19.7 Å². The van der Waals surface area contributed by atoms with E-state index in [0.29, 0.717) is 16.9 Å². The van der Waals surface area contributed by atoms with Crippen LogP contribution in [0.15, 0.2) is 58.2 Å². The predicted octanol–water partition coefficient (Wildman–Crippen LogP) is 3.39. The number of anilines is 1. The highest BCUT2D eigenvalue weighted by molar-refractivity contribution is 7.98. The largest absolute Gasteiger partial charge is 0.381 e. The van der Waals surface area contributed by atoms with Gasteiger partial charge < -0.3 is 5.73 Å². The van der Waals surface area contributed by atoms with E-state index in [2.05, 4.69) is 15.2 Å². The van der Waals surface area contributed by atoms with Crippen LogP contribution in [0.1, 0.15) is 5.56 Å². The summed E-state index contributed by atoms with van der Waals surface area (Å²) in [6.45, 7) is 2.00. The minimum Gasteiger partial charge on any atom is -0.381 e. The molecular weight excluding hydrogens is 346 g/mol. The Balaban J connectivity index is 2.05. The number of nitrogen functional groups attached to an aromatic ring is 1. The van der Waals surface area contributed by atoms with Crippen LogP contribution >= 0.6 is 11.8 Å². The van der Waals surface area contributed by atoms with Gasteiger partial charge in [0.05, 0.1) is 5.69 Å². The number of H-pyrrole nitrogens is 1. The second-order valence-electron chi connectivity index (χ2n) is 5.97. The van der Waals surface area contributed by atoms with Crippen molar-refractivity contribution in [3.8, 4) is 17.1 Å². The zero-order valence-corrected chi connectivity index (χ0v) is 15.2. The minimum absolute atomic E-state index is 0.155. The Bertz CT molecular complexity index is 1140. The molecule has 2 aromatic heterocycles. The Morgan fingerprint density at radius 2 is 1.77 bits per heavy atom. The fourth-order valence-electron chi connectivity index (χ4n) is 2.87. The summed E-state index contributed by atoms with van der Waals surface area (Å²) >= 11 is 1.66. The molecule has 0 spiro atoms. The number of nitrogens with zero attached hydrogens (tertiary/aromatic N) is 3. The van der Waals surface area contributed by atoms with Crippen molar-refractivity contribution in [2.45, 2.75) is 11.8 Å². The Morgan fingerprint density at radius 1 is 1.08 bits per heavy atom. The van der Waals surface area contributed by atoms with Gasteiger partial charge in [0, 0.05) is 10.5 Å². The van der Waals surface area contributed by atoms with Gasteiger partial charge in [-0.15, -0.1) is 11.8 Å². The third kappa shape index (κ3) is 2.66. The third-order valence-electron chi connectivity index (χ3n) is 4.26. The van der Waals surface area contributed by atoms with Crippen LogP contribution in [0.4, 0.5) is 5.82 Å². The number of nitrogens with two attached hydrogens (primary N) is 1. The molecule has 2 aromatic carbocycles. The van der Waals surface area contributed by atoms with E-state index < -0.39 is 0 Å². The average molecular weight is 363 g/mol. The number of benzene rings is 2. The molecule has 0 aliphatic heterocycles. The first-order chi connectivity index (χ1) is 12.6. The first-order valence-corrected chi connectivity index (χ1v) is 9.29. The maximum atomic E-state index is 13.2. The molecule has 0 atom stereocenters. The van der Waals surface area contributed by atoms with Crippen LogP contribution in [-0.4, -0.2) is 26.0 Å². The fraction of sp³-hybridized carbons (Fsp3) is 0.105. The lowest BCUT2D eigenvalue weighted by molar-refractivity contribution is 0.969. The van der Waals surface area contributed by atoms with Gasteiger partial charge in [0.1, 0.15) is 11.2 Å². The molecule has 4 aromatic rings. The summed E-state index contributed by atoms with van der Waals surface area (Å²) in [4.78, 5) is 19.0. The van der Waals surface area contributed by atoms with Crippen molar-refractivity contribution in [2.75, 3.05) is 12.0 Å². The molecular formula is C19H17N5OS. The summed E-state index contributed by atoms with van der Waals surface area (Å²) < 4.78 is 1.59. The number of thioether (sulfide) groups is 1. The van der Waals surface area contributed by atoms with Crippen LogP contribution in [0.3, 0.4) is 0 Å². The fourth-order valence-corrected chi connectivity index (χ4v) is 3.28. The molecule has 2 heterocycles. The number of nitrogens with one attached hydrogen (secondary N) is 1. The smallest absolute Gasteiger partial charge is 0.271 e. The predicted molar refractivity (Wildman–Crippen MR) is 106 cm³/mol. The Kier molecular flexibility index (Phi) is 4.00. The van der Waals surface area contributed by atoms with Gasteiger partial charge >= 0.3 is 0 Å². The van der Waals surface area contributed by atoms with Gasteiger partial charge in [0.15, 0.2) is 11.5 Å². The molecule has 3 N–H and O–H groups in total. The van der Waals surface area contributed by atoms with E-state index in [1.165, 1.54) is 0 Å². The van der Waals surface area contributed by atoms with Crippen molar-refractivity contribution < 1.29 is 0 Å². The molecule has 4 rings (SSSR count). The second-order valence-corrected chi connectivity index (χ2v) is 6.85. The zero-order chi connectivity index (χ0) is 18.3. The van der Waals surface area contributed by atoms with Gasteiger partial charge in [0.25, 0.3) is 5.56 Å². The normalized spacial score (nSPS) is 11.2. The Hall–Kier alpha value is -3.06. The SMILES string of the molecule is CSc1ccc(-c2nc3[nH]nc(N)c3c(=O)n2-c2ccc(C)cc2)cc1. The summed E-state index contributed by atoms with van der Waals surface area (Å²) in [5.41, 5.74) is 8.72. The zero-order valence-electron chi connectivity index (χ0n) is 14.4. The minimum atomic E-state index is -0.242. The monoisotopic (exact) mass is 363 g/mol. The molecule has 0 bridgehead atoms. The van der Waals surface area contributed by atoms with Gasteiger partial charge in [0.2, 0.25) is 0 Å². The van der Waals surface area contributed by atoms with Gasteiger partial charge in [-0.25, -0.2) is 4.98 Å². The van der Waals surface area contributed by atoms with Crippen molar-refractivity contribution in [3.05, 3.63) is 64.4 Å². The maximum absolute atomic E-state index is 13.2. The highest BCUT2D eigenvalue weighted by Crippen LogP contribution is 2.25. The maximum Gasteiger partial charge on any atom is 0.271 e. The van der Waals surface area contributed by atoms with E-state index in [1.807, 2.05) is 61.7 Å². The Labute approximate surface area is 154 Å². The molecule has 0 unspecified atom stereocenters. The molecule has 7 heteroatoms. The lowest BCUT2D eigenvalue weighted by Gasteiger charge is -2.13. The highest BCUT2D eigenvalue weighted by Gasteiger charge is 2.18. The summed E-state index contributed by atoms with van der Waals surface area (Å²) in [6, 6.07) is 15.7. The molecule has 0 aliphatic carbocycles. The summed E-state index contributed by atoms with van der Waals surface area (Å²) in [7, 11) is 0. The summed E-state index contributed by atoms with van der Waals surface area (Å²) in [6.07, 6.45) is 2.02. The van der Waals surface area contributed by atoms with Crippen LogP contribution < -0.4 is 11.3 Å². The number of aromatic amines is 1. The molecule has 0 saturated heterocycles. The molecule has 0 aliphatic rings. The summed E-state index contributed by atoms with van der Waals surface area (Å²) in [5.74, 6) is 0.699. The van der Waals surface area contributed by atoms with E-state index in [1.54, 1.807) is 16.3 Å². The van der Waals surface area contributed by atoms with E-state index in [9.17, 15) is 4.79 Å². The van der Waals surface area contributed by atoms with Gasteiger partial charge in [-0.2, -0.15) is 5.10 Å². The standard InChI is InChI=1S/C19H17N5OS/c1-11-3-7-13(8-4-11)24-18(12-5-9-14(26-2)10-6-12)21-17-15(19(24)25)16(20)22-23-17/h3-10H,1-2H3,(H3,20,22,23). The van der Waals surface area contributed by atoms with Crippen molar-refractivity contribution in [2.24, 2.45) is 0 Å². The number of rotatable bonds is 3. The van der Waals surface area contributed by atoms with Gasteiger partial charge in [-0.1, -0.05) is 29.8 Å². The number of hydrogen-bond donors (Lipinski definition) is 2. The quantitative estimate of drug-likeness (QED) is 0.545. The van der Waals surface area contributed by atoms with Crippen LogP contribution in [0, 0.1) is 6.92 Å². The number of hydrogen-bond acceptors (Lipinski definition) is 5. The van der Waals surface area contributed by atoms with E-state index in [4.69, 9.17) is 5.73 Å². The lowest BCUT2D eigenvalue weighted by Crippen LogP contribution is -2.22. The third-order valence-corrected chi connectivity index (χ3v) is 5.01. The van der Waals surface area contributed by atoms with E-state index in [0.717, 1.165) is 21.7 Å². The number of aromatic nitrogens is 4. The lowest BCUT2D eigenvalue weighted by atomic mass is 10.1. The average Bonchev–Trinajstić information content (AvgIpc) is 3.04. The molecule has 26 heavy (non-hydrogen) atoms. The van der Waals surface area contributed by atoms with Crippen LogP contribution in [0.2, 0.25) is 0 Å². The molecule has 0 amide bonds. The first-order valence-electron chi connectivity index (χ1n) is 8.06. The summed E-state index contributed by atoms with van der Waals surface area (Å²) in [5, 5.41) is 6.99. The molecule has 0 saturated carbocycles. The van der Waals surface area contributed by atoms with Crippen LogP contribution in [-0.2, 0) is 0 Å². The molecule has 0 radical (unpaired) electrons. The van der Waals surface area contributed by atoms with Gasteiger partial charge in [-0.05, 0) is 37.4 Å². The number of aryl methyl sites for hydroxylation is 1. The van der Waals surface area contributed by atoms with E-state index >= 15 is 0 Å². The van der Waals surface area contributed by atoms with Gasteiger partial charge in [-0.3, -0.25) is 14.5 Å². The van der Waals surface area contributed by atoms with Crippen molar-refractivity contribution in [1.29, 1.82) is 0 Å². The van der Waals surface area contributed by atoms with E-state index in [-0.39, 0.29) is 11.4 Å². The molecule has 0 fully saturated rings. The highest BCUT2D eigenvalue weighted by atomic mass is 32.2. The second kappa shape index (κ2) is 6.34. The van der Waals surface area contributed by atoms with Crippen molar-refractivity contribution >= 4 is 28.6 Å². The first kappa shape index (κ1) is 16.4. The van der Waals surface area contributed by atoms with Crippen molar-refractivity contribution in [3.63, 3.8) is 0 Å². The Morgan fingerprint density at radius 3 is 2.42 bits per heavy atom. The molecule has 130 valence electrons. The van der Waals surface area contributed by atoms with Crippen LogP contribution in [0.25, 0.3) is 28.1 Å².